The first-order valence-corrected chi connectivity index (χ1v) is 5.70. The second-order valence-electron chi connectivity index (χ2n) is 4.37. The Labute approximate surface area is 96.4 Å². The monoisotopic (exact) mass is 221 g/mol. The number of nitrogen functional groups attached to an aromatic ring is 1. The zero-order valence-corrected chi connectivity index (χ0v) is 9.94. The summed E-state index contributed by atoms with van der Waals surface area (Å²) in [6, 6.07) is 1.97. The average molecular weight is 221 g/mol. The van der Waals surface area contributed by atoms with Crippen LogP contribution in [0.2, 0.25) is 0 Å². The number of pyridine rings is 1. The lowest BCUT2D eigenvalue weighted by Crippen LogP contribution is -2.40. The van der Waals surface area contributed by atoms with Crippen molar-refractivity contribution >= 4 is 11.5 Å². The number of hydrogen-bond donors (Lipinski definition) is 1. The molecule has 0 saturated carbocycles. The second kappa shape index (κ2) is 4.70. The highest BCUT2D eigenvalue weighted by atomic mass is 16.5. The van der Waals surface area contributed by atoms with Crippen molar-refractivity contribution in [1.82, 2.24) is 4.98 Å². The summed E-state index contributed by atoms with van der Waals surface area (Å²) in [6.07, 6.45) is 4.42. The summed E-state index contributed by atoms with van der Waals surface area (Å²) < 4.78 is 5.40. The van der Waals surface area contributed by atoms with Gasteiger partial charge < -0.3 is 15.4 Å². The van der Waals surface area contributed by atoms with Crippen LogP contribution in [0.15, 0.2) is 12.3 Å². The van der Waals surface area contributed by atoms with Crippen LogP contribution in [-0.2, 0) is 4.74 Å². The topological polar surface area (TPSA) is 51.4 Å². The Kier molecular flexibility index (Phi) is 3.29. The molecule has 1 aliphatic heterocycles. The molecule has 0 radical (unpaired) electrons. The van der Waals surface area contributed by atoms with Crippen molar-refractivity contribution in [3.63, 3.8) is 0 Å². The Balaban J connectivity index is 2.16. The molecule has 1 unspecified atom stereocenters. The third-order valence-electron chi connectivity index (χ3n) is 3.04. The molecule has 16 heavy (non-hydrogen) atoms. The molecule has 0 aliphatic carbocycles. The molecule has 1 aromatic rings. The number of aryl methyl sites for hydroxylation is 1. The van der Waals surface area contributed by atoms with Crippen molar-refractivity contribution in [3.8, 4) is 0 Å². The standard InChI is InChI=1S/C12H19N3O/c1-9-6-11(13)12(14-7-9)15-5-3-4-10(8-15)16-2/h6-7,10H,3-5,8,13H2,1-2H3. The van der Waals surface area contributed by atoms with Gasteiger partial charge in [0.15, 0.2) is 5.82 Å². The minimum Gasteiger partial charge on any atom is -0.396 e. The Morgan fingerprint density at radius 1 is 1.56 bits per heavy atom. The number of ether oxygens (including phenoxy) is 1. The number of methoxy groups -OCH3 is 1. The summed E-state index contributed by atoms with van der Waals surface area (Å²) >= 11 is 0. The van der Waals surface area contributed by atoms with E-state index in [4.69, 9.17) is 10.5 Å². The van der Waals surface area contributed by atoms with Gasteiger partial charge in [-0.15, -0.1) is 0 Å². The van der Waals surface area contributed by atoms with E-state index in [1.807, 2.05) is 19.2 Å². The summed E-state index contributed by atoms with van der Waals surface area (Å²) in [5, 5.41) is 0. The van der Waals surface area contributed by atoms with Gasteiger partial charge in [0, 0.05) is 26.4 Å². The molecule has 1 aliphatic rings. The van der Waals surface area contributed by atoms with Crippen LogP contribution >= 0.6 is 0 Å². The average Bonchev–Trinajstić information content (AvgIpc) is 2.29. The van der Waals surface area contributed by atoms with Crippen molar-refractivity contribution in [2.45, 2.75) is 25.9 Å². The van der Waals surface area contributed by atoms with Crippen LogP contribution in [0.5, 0.6) is 0 Å². The lowest BCUT2D eigenvalue weighted by Gasteiger charge is -2.33. The van der Waals surface area contributed by atoms with Gasteiger partial charge in [-0.2, -0.15) is 0 Å². The highest BCUT2D eigenvalue weighted by molar-refractivity contribution is 5.63. The first kappa shape index (κ1) is 11.2. The zero-order chi connectivity index (χ0) is 11.5. The SMILES string of the molecule is COC1CCCN(c2ncc(C)cc2N)C1. The molecule has 1 atom stereocenters. The molecule has 2 heterocycles. The lowest BCUT2D eigenvalue weighted by molar-refractivity contribution is 0.0892. The normalized spacial score (nSPS) is 21.1. The number of nitrogens with zero attached hydrogens (tertiary/aromatic N) is 2. The maximum Gasteiger partial charge on any atom is 0.151 e. The molecule has 1 fully saturated rings. The van der Waals surface area contributed by atoms with E-state index < -0.39 is 0 Å². The fraction of sp³-hybridized carbons (Fsp3) is 0.583. The highest BCUT2D eigenvalue weighted by Gasteiger charge is 2.21. The second-order valence-corrected chi connectivity index (χ2v) is 4.37. The van der Waals surface area contributed by atoms with E-state index >= 15 is 0 Å². The fourth-order valence-corrected chi connectivity index (χ4v) is 2.17. The molecule has 4 nitrogen and oxygen atoms in total. The van der Waals surface area contributed by atoms with Gasteiger partial charge in [0.2, 0.25) is 0 Å². The van der Waals surface area contributed by atoms with E-state index in [2.05, 4.69) is 9.88 Å². The van der Waals surface area contributed by atoms with E-state index in [-0.39, 0.29) is 0 Å². The molecular weight excluding hydrogens is 202 g/mol. The van der Waals surface area contributed by atoms with Crippen molar-refractivity contribution < 1.29 is 4.74 Å². The van der Waals surface area contributed by atoms with E-state index in [9.17, 15) is 0 Å². The van der Waals surface area contributed by atoms with Gasteiger partial charge in [0.25, 0.3) is 0 Å². The fourth-order valence-electron chi connectivity index (χ4n) is 2.17. The number of nitrogens with two attached hydrogens (primary N) is 1. The number of rotatable bonds is 2. The van der Waals surface area contributed by atoms with Crippen LogP contribution in [0.3, 0.4) is 0 Å². The minimum absolute atomic E-state index is 0.302. The summed E-state index contributed by atoms with van der Waals surface area (Å²) in [5.74, 6) is 0.896. The van der Waals surface area contributed by atoms with Crippen molar-refractivity contribution in [1.29, 1.82) is 0 Å². The third kappa shape index (κ3) is 2.27. The smallest absolute Gasteiger partial charge is 0.151 e. The van der Waals surface area contributed by atoms with E-state index in [0.717, 1.165) is 43.0 Å². The molecule has 0 amide bonds. The predicted octanol–water partition coefficient (Wildman–Crippen LogP) is 1.59. The first-order chi connectivity index (χ1) is 7.70. The predicted molar refractivity (Wildman–Crippen MR) is 65.6 cm³/mol. The highest BCUT2D eigenvalue weighted by Crippen LogP contribution is 2.24. The molecule has 1 aromatic heterocycles. The van der Waals surface area contributed by atoms with E-state index in [1.165, 1.54) is 0 Å². The van der Waals surface area contributed by atoms with Crippen molar-refractivity contribution in [2.24, 2.45) is 0 Å². The summed E-state index contributed by atoms with van der Waals surface area (Å²) in [4.78, 5) is 6.63. The van der Waals surface area contributed by atoms with Crippen LogP contribution in [0.4, 0.5) is 11.5 Å². The first-order valence-electron chi connectivity index (χ1n) is 5.70. The lowest BCUT2D eigenvalue weighted by atomic mass is 10.1. The number of hydrogen-bond acceptors (Lipinski definition) is 4. The molecule has 88 valence electrons. The maximum atomic E-state index is 5.99. The quantitative estimate of drug-likeness (QED) is 0.824. The molecule has 4 heteroatoms. The summed E-state index contributed by atoms with van der Waals surface area (Å²) in [6.45, 7) is 3.90. The zero-order valence-electron chi connectivity index (χ0n) is 9.94. The minimum atomic E-state index is 0.302. The summed E-state index contributed by atoms with van der Waals surface area (Å²) in [5.41, 5.74) is 7.85. The van der Waals surface area contributed by atoms with Crippen LogP contribution in [0.1, 0.15) is 18.4 Å². The summed E-state index contributed by atoms with van der Waals surface area (Å²) in [7, 11) is 1.76. The van der Waals surface area contributed by atoms with Gasteiger partial charge >= 0.3 is 0 Å². The van der Waals surface area contributed by atoms with Crippen LogP contribution in [-0.4, -0.2) is 31.3 Å². The molecule has 2 N–H and O–H groups in total. The maximum absolute atomic E-state index is 5.99. The Morgan fingerprint density at radius 2 is 2.38 bits per heavy atom. The number of anilines is 2. The van der Waals surface area contributed by atoms with E-state index in [1.54, 1.807) is 7.11 Å². The molecular formula is C12H19N3O. The van der Waals surface area contributed by atoms with Crippen LogP contribution in [0, 0.1) is 6.92 Å². The van der Waals surface area contributed by atoms with Gasteiger partial charge in [-0.05, 0) is 31.4 Å². The van der Waals surface area contributed by atoms with Crippen LogP contribution in [0.25, 0.3) is 0 Å². The molecule has 0 bridgehead atoms. The van der Waals surface area contributed by atoms with Gasteiger partial charge in [0.05, 0.1) is 11.8 Å². The van der Waals surface area contributed by atoms with E-state index in [0.29, 0.717) is 6.10 Å². The van der Waals surface area contributed by atoms with Gasteiger partial charge in [-0.1, -0.05) is 0 Å². The number of piperidine rings is 1. The van der Waals surface area contributed by atoms with Crippen molar-refractivity contribution in [3.05, 3.63) is 17.8 Å². The molecule has 1 saturated heterocycles. The Bertz CT molecular complexity index is 367. The largest absolute Gasteiger partial charge is 0.396 e. The molecule has 0 spiro atoms. The van der Waals surface area contributed by atoms with Gasteiger partial charge in [0.1, 0.15) is 0 Å². The Hall–Kier alpha value is -1.29. The third-order valence-corrected chi connectivity index (χ3v) is 3.04. The molecule has 2 rings (SSSR count). The molecule has 0 aromatic carbocycles. The van der Waals surface area contributed by atoms with Gasteiger partial charge in [-0.3, -0.25) is 0 Å². The van der Waals surface area contributed by atoms with Crippen LogP contribution < -0.4 is 10.6 Å². The number of aromatic nitrogens is 1. The Morgan fingerprint density at radius 3 is 3.06 bits per heavy atom. The van der Waals surface area contributed by atoms with Crippen molar-refractivity contribution in [2.75, 3.05) is 30.8 Å². The van der Waals surface area contributed by atoms with Gasteiger partial charge in [-0.25, -0.2) is 4.98 Å².